The quantitative estimate of drug-likeness (QED) is 0.780. The van der Waals surface area contributed by atoms with Crippen LogP contribution in [0.2, 0.25) is 0 Å². The van der Waals surface area contributed by atoms with Gasteiger partial charge in [0.2, 0.25) is 5.91 Å². The molecule has 1 heterocycles. The summed E-state index contributed by atoms with van der Waals surface area (Å²) >= 11 is 0. The second kappa shape index (κ2) is 7.58. The standard InChI is InChI=1S/C16H20N4O4/c1-3-19(2)14(21)10-17-15(22)12-9-13(16(23)24)20(18-12)11-7-5-4-6-8-11/h4-8,13H,3,9-10H2,1-2H3,(H,17,22)(H,23,24). The van der Waals surface area contributed by atoms with Crippen LogP contribution in [-0.2, 0) is 14.4 Å². The van der Waals surface area contributed by atoms with Crippen LogP contribution in [0.4, 0.5) is 5.69 Å². The number of nitrogens with zero attached hydrogens (tertiary/aromatic N) is 3. The number of hydrogen-bond donors (Lipinski definition) is 2. The Balaban J connectivity index is 2.09. The Morgan fingerprint density at radius 1 is 1.33 bits per heavy atom. The van der Waals surface area contributed by atoms with Crippen LogP contribution < -0.4 is 10.3 Å². The average Bonchev–Trinajstić information content (AvgIpc) is 3.05. The minimum absolute atomic E-state index is 0.0200. The van der Waals surface area contributed by atoms with Gasteiger partial charge in [0.25, 0.3) is 5.91 Å². The number of anilines is 1. The number of amides is 2. The number of hydrazone groups is 1. The van der Waals surface area contributed by atoms with Gasteiger partial charge in [-0.05, 0) is 19.1 Å². The summed E-state index contributed by atoms with van der Waals surface area (Å²) in [5, 5.41) is 17.3. The van der Waals surface area contributed by atoms with E-state index in [0.29, 0.717) is 12.2 Å². The minimum Gasteiger partial charge on any atom is -0.480 e. The first-order valence-electron chi connectivity index (χ1n) is 7.60. The first-order valence-corrected chi connectivity index (χ1v) is 7.60. The van der Waals surface area contributed by atoms with Crippen LogP contribution in [-0.4, -0.2) is 59.7 Å². The Kier molecular flexibility index (Phi) is 5.51. The van der Waals surface area contributed by atoms with Gasteiger partial charge >= 0.3 is 5.97 Å². The molecule has 2 rings (SSSR count). The van der Waals surface area contributed by atoms with Gasteiger partial charge in [0.05, 0.1) is 12.2 Å². The van der Waals surface area contributed by atoms with Gasteiger partial charge in [-0.3, -0.25) is 14.6 Å². The Bertz CT molecular complexity index is 659. The number of likely N-dealkylation sites (N-methyl/N-ethyl adjacent to an activating group) is 1. The molecular formula is C16H20N4O4. The lowest BCUT2D eigenvalue weighted by atomic mass is 10.1. The lowest BCUT2D eigenvalue weighted by Crippen LogP contribution is -2.40. The van der Waals surface area contributed by atoms with Crippen LogP contribution >= 0.6 is 0 Å². The number of carbonyl (C=O) groups excluding carboxylic acids is 2. The Morgan fingerprint density at radius 2 is 2.00 bits per heavy atom. The van der Waals surface area contributed by atoms with Crippen molar-refractivity contribution in [1.29, 1.82) is 0 Å². The molecule has 1 aliphatic rings. The molecule has 0 aliphatic carbocycles. The van der Waals surface area contributed by atoms with Crippen molar-refractivity contribution in [2.45, 2.75) is 19.4 Å². The summed E-state index contributed by atoms with van der Waals surface area (Å²) in [5.41, 5.74) is 0.688. The average molecular weight is 332 g/mol. The van der Waals surface area contributed by atoms with E-state index < -0.39 is 17.9 Å². The van der Waals surface area contributed by atoms with Crippen LogP contribution in [0.1, 0.15) is 13.3 Å². The third-order valence-corrected chi connectivity index (χ3v) is 3.78. The van der Waals surface area contributed by atoms with E-state index in [1.165, 1.54) is 9.91 Å². The summed E-state index contributed by atoms with van der Waals surface area (Å²) < 4.78 is 0. The summed E-state index contributed by atoms with van der Waals surface area (Å²) in [6.07, 6.45) is -0.0200. The number of carbonyl (C=O) groups is 3. The molecule has 0 saturated heterocycles. The van der Waals surface area contributed by atoms with E-state index in [4.69, 9.17) is 0 Å². The van der Waals surface area contributed by atoms with Gasteiger partial charge in [-0.25, -0.2) is 4.79 Å². The lowest BCUT2D eigenvalue weighted by molar-refractivity contribution is -0.138. The van der Waals surface area contributed by atoms with Crippen LogP contribution in [0, 0.1) is 0 Å². The summed E-state index contributed by atoms with van der Waals surface area (Å²) in [7, 11) is 1.64. The van der Waals surface area contributed by atoms with E-state index >= 15 is 0 Å². The number of rotatable bonds is 6. The van der Waals surface area contributed by atoms with Crippen molar-refractivity contribution in [3.63, 3.8) is 0 Å². The molecule has 8 nitrogen and oxygen atoms in total. The predicted octanol–water partition coefficient (Wildman–Crippen LogP) is 0.300. The van der Waals surface area contributed by atoms with Crippen LogP contribution in [0.15, 0.2) is 35.4 Å². The normalized spacial score (nSPS) is 16.5. The molecule has 1 aliphatic heterocycles. The molecule has 1 unspecified atom stereocenters. The Labute approximate surface area is 139 Å². The smallest absolute Gasteiger partial charge is 0.328 e. The summed E-state index contributed by atoms with van der Waals surface area (Å²) in [4.78, 5) is 36.8. The zero-order valence-corrected chi connectivity index (χ0v) is 13.6. The number of carboxylic acid groups (broad SMARTS) is 1. The molecule has 0 spiro atoms. The van der Waals surface area contributed by atoms with Crippen molar-refractivity contribution in [3.8, 4) is 0 Å². The van der Waals surface area contributed by atoms with E-state index in [1.807, 2.05) is 13.0 Å². The van der Waals surface area contributed by atoms with Gasteiger partial charge < -0.3 is 15.3 Å². The van der Waals surface area contributed by atoms with Crippen LogP contribution in [0.5, 0.6) is 0 Å². The Hall–Kier alpha value is -2.90. The van der Waals surface area contributed by atoms with Gasteiger partial charge in [0.15, 0.2) is 6.04 Å². The molecule has 8 heteroatoms. The van der Waals surface area contributed by atoms with Gasteiger partial charge in [0.1, 0.15) is 5.71 Å². The molecule has 2 N–H and O–H groups in total. The molecule has 1 aromatic carbocycles. The molecule has 1 atom stereocenters. The molecule has 24 heavy (non-hydrogen) atoms. The third kappa shape index (κ3) is 3.89. The molecule has 0 saturated carbocycles. The van der Waals surface area contributed by atoms with Crippen molar-refractivity contribution in [3.05, 3.63) is 30.3 Å². The molecule has 0 aromatic heterocycles. The number of aliphatic carboxylic acids is 1. The zero-order valence-electron chi connectivity index (χ0n) is 13.6. The first-order chi connectivity index (χ1) is 11.4. The SMILES string of the molecule is CCN(C)C(=O)CNC(=O)C1=NN(c2ccccc2)C(C(=O)O)C1. The van der Waals surface area contributed by atoms with Gasteiger partial charge in [-0.2, -0.15) is 5.10 Å². The lowest BCUT2D eigenvalue weighted by Gasteiger charge is -2.19. The number of carboxylic acids is 1. The van der Waals surface area contributed by atoms with E-state index in [1.54, 1.807) is 31.3 Å². The van der Waals surface area contributed by atoms with Crippen LogP contribution in [0.3, 0.4) is 0 Å². The van der Waals surface area contributed by atoms with Crippen molar-refractivity contribution in [2.75, 3.05) is 25.1 Å². The van der Waals surface area contributed by atoms with Crippen molar-refractivity contribution in [2.24, 2.45) is 5.10 Å². The number of hydrogen-bond acceptors (Lipinski definition) is 5. The van der Waals surface area contributed by atoms with E-state index in [0.717, 1.165) is 0 Å². The highest BCUT2D eigenvalue weighted by Crippen LogP contribution is 2.24. The topological polar surface area (TPSA) is 102 Å². The van der Waals surface area contributed by atoms with Crippen LogP contribution in [0.25, 0.3) is 0 Å². The molecule has 0 bridgehead atoms. The molecular weight excluding hydrogens is 312 g/mol. The fourth-order valence-corrected chi connectivity index (χ4v) is 2.23. The van der Waals surface area contributed by atoms with Crippen molar-refractivity contribution in [1.82, 2.24) is 10.2 Å². The summed E-state index contributed by atoms with van der Waals surface area (Å²) in [6.45, 7) is 2.22. The molecule has 1 aromatic rings. The highest BCUT2D eigenvalue weighted by atomic mass is 16.4. The second-order valence-electron chi connectivity index (χ2n) is 5.38. The second-order valence-corrected chi connectivity index (χ2v) is 5.38. The van der Waals surface area contributed by atoms with Gasteiger partial charge in [-0.1, -0.05) is 18.2 Å². The number of para-hydroxylation sites is 1. The minimum atomic E-state index is -1.06. The third-order valence-electron chi connectivity index (χ3n) is 3.78. The maximum atomic E-state index is 12.2. The maximum Gasteiger partial charge on any atom is 0.328 e. The molecule has 2 amide bonds. The highest BCUT2D eigenvalue weighted by Gasteiger charge is 2.36. The molecule has 0 radical (unpaired) electrons. The van der Waals surface area contributed by atoms with E-state index in [9.17, 15) is 19.5 Å². The van der Waals surface area contributed by atoms with Crippen molar-refractivity contribution < 1.29 is 19.5 Å². The maximum absolute atomic E-state index is 12.2. The highest BCUT2D eigenvalue weighted by molar-refractivity contribution is 6.40. The van der Waals surface area contributed by atoms with E-state index in [-0.39, 0.29) is 24.6 Å². The van der Waals surface area contributed by atoms with Gasteiger partial charge in [-0.15, -0.1) is 0 Å². The first kappa shape index (κ1) is 17.5. The van der Waals surface area contributed by atoms with Gasteiger partial charge in [0, 0.05) is 20.0 Å². The monoisotopic (exact) mass is 332 g/mol. The van der Waals surface area contributed by atoms with E-state index in [2.05, 4.69) is 10.4 Å². The predicted molar refractivity (Wildman–Crippen MR) is 88.7 cm³/mol. The fraction of sp³-hybridized carbons (Fsp3) is 0.375. The number of nitrogens with one attached hydrogen (secondary N) is 1. The molecule has 128 valence electrons. The fourth-order valence-electron chi connectivity index (χ4n) is 2.23. The zero-order chi connectivity index (χ0) is 17.7. The van der Waals surface area contributed by atoms with Crippen molar-refractivity contribution >= 4 is 29.2 Å². The largest absolute Gasteiger partial charge is 0.480 e. The molecule has 0 fully saturated rings. The summed E-state index contributed by atoms with van der Waals surface area (Å²) in [6, 6.07) is 7.84. The number of benzene rings is 1. The summed E-state index contributed by atoms with van der Waals surface area (Å²) in [5.74, 6) is -1.82. The Morgan fingerprint density at radius 3 is 2.58 bits per heavy atom.